The summed E-state index contributed by atoms with van der Waals surface area (Å²) in [5.74, 6) is -7.16. The number of carboxylic acid groups (broad SMARTS) is 1. The van der Waals surface area contributed by atoms with Crippen LogP contribution < -0.4 is 0 Å². The molecule has 36 atom stereocenters. The van der Waals surface area contributed by atoms with Crippen LogP contribution in [0.4, 0.5) is 0 Å². The number of ether oxygens (including phenoxy) is 14. The van der Waals surface area contributed by atoms with Gasteiger partial charge in [0.15, 0.2) is 37.7 Å². The fourth-order valence-corrected chi connectivity index (χ4v) is 11.2. The van der Waals surface area contributed by atoms with E-state index in [4.69, 9.17) is 97.4 Å². The maximum atomic E-state index is 12.7. The standard InChI is InChI=1S/C30H52O21.C20H36O14.3CHNO/c1-9-12(34)5-30(29(42)43,50-22(9)17(37)13(35)6-31)51-25-18(38)14(7-32)46-28(21(25)41)49-24-15(8-33)47-26(44-4)10(2)23(24)48-27-20(40)19(39)16(36)11(3)45-27;1-6-16(33-19-14(27)12(25)10(23)7(2)30-19)17(9(5-22)32-18(6)29-3)34-20-15(28)13(26)11(24)8(4-21)31-20;3*2-1-3/h9-28,31-41H,5-8H2,1-4H3,(H,42,43);6-28H,4-5H2,1-3H3;3*3H/t9-,10?,11?,12-,13-,14?,15?,16-,17-,18+,19+,20?,21?,22?,23-,24-,25+,26?,27+,28+,30+;6?,7?,8?,9?,10-,11+,12+,13+,14?,15?,16-,17-,18?,19+,20+;;;/m11.../s1. The van der Waals surface area contributed by atoms with E-state index in [0.29, 0.717) is 0 Å². The SMILES string of the molecule is COC1OC(CO)[C@@H](O[C@@H]2OC(CO)[C@H](O)[C@H](O)C2O)[C@H](O[C@@H]2OC(C)[C@@H](O)[C@H](O)C2O)C1C.COC1OC(CO)[C@@H](O[C@@H]2OC(CO)[C@H](O)[C@H](O[C@]3(C(=O)O)C[C@@H](O)[C@@H](C)C([C@H](O)[C@H](O)CO)O3)C2O)[C@H](O[C@@H]2OC(C)[C@@H](O)[C@H](O)C2O)C1C.N#CO.N#CO.N#CO. The third-order valence-electron chi connectivity index (χ3n) is 16.7. The lowest BCUT2D eigenvalue weighted by Gasteiger charge is -2.51. The molecule has 7 heterocycles. The molecule has 0 aromatic carbocycles. The van der Waals surface area contributed by atoms with Gasteiger partial charge in [0.25, 0.3) is 24.6 Å². The van der Waals surface area contributed by atoms with Gasteiger partial charge in [-0.1, -0.05) is 20.8 Å². The first-order valence-electron chi connectivity index (χ1n) is 29.1. The molecule has 41 heteroatoms. The van der Waals surface area contributed by atoms with Crippen molar-refractivity contribution in [1.82, 2.24) is 0 Å². The summed E-state index contributed by atoms with van der Waals surface area (Å²) < 4.78 is 79.7. The Morgan fingerprint density at radius 3 is 1.14 bits per heavy atom. The lowest BCUT2D eigenvalue weighted by Crippen LogP contribution is -2.68. The number of hydrogen-bond acceptors (Lipinski definition) is 40. The monoisotopic (exact) mass is 1380 g/mol. The number of carboxylic acids is 1. The number of rotatable bonds is 20. The largest absolute Gasteiger partial charge is 0.477 e. The van der Waals surface area contributed by atoms with Crippen LogP contribution >= 0.6 is 0 Å². The van der Waals surface area contributed by atoms with Gasteiger partial charge in [0, 0.05) is 38.4 Å². The maximum absolute atomic E-state index is 12.7. The summed E-state index contributed by atoms with van der Waals surface area (Å²) in [4.78, 5) is 12.7. The summed E-state index contributed by atoms with van der Waals surface area (Å²) in [6.45, 7) is 3.68. The van der Waals surface area contributed by atoms with E-state index in [1.165, 1.54) is 35.0 Å². The van der Waals surface area contributed by atoms with Crippen molar-refractivity contribution in [2.75, 3.05) is 47.3 Å². The quantitative estimate of drug-likeness (QED) is 0.0503. The smallest absolute Gasteiger partial charge is 0.364 e. The van der Waals surface area contributed by atoms with Gasteiger partial charge in [-0.15, -0.1) is 0 Å². The average molecular weight is 1380 g/mol. The normalized spacial score (nSPS) is 46.0. The first-order chi connectivity index (χ1) is 44.2. The van der Waals surface area contributed by atoms with Crippen molar-refractivity contribution in [2.45, 2.75) is 243 Å². The number of nitriles is 3. The summed E-state index contributed by atoms with van der Waals surface area (Å²) in [6.07, 6.45) is -46.4. The van der Waals surface area contributed by atoms with Gasteiger partial charge in [0.2, 0.25) is 0 Å². The van der Waals surface area contributed by atoms with Gasteiger partial charge in [-0.05, 0) is 13.8 Å². The van der Waals surface area contributed by atoms with Crippen LogP contribution in [-0.2, 0) is 71.1 Å². The Morgan fingerprint density at radius 2 is 0.787 bits per heavy atom. The Morgan fingerprint density at radius 1 is 0.457 bits per heavy atom. The molecule has 15 unspecified atom stereocenters. The molecule has 7 rings (SSSR count). The highest BCUT2D eigenvalue weighted by Crippen LogP contribution is 2.42. The van der Waals surface area contributed by atoms with Crippen molar-refractivity contribution in [3.63, 3.8) is 0 Å². The minimum atomic E-state index is -2.88. The predicted octanol–water partition coefficient (Wildman–Crippen LogP) is -11.4. The van der Waals surface area contributed by atoms with Gasteiger partial charge in [-0.25, -0.2) is 4.79 Å². The lowest BCUT2D eigenvalue weighted by atomic mass is 9.84. The zero-order valence-corrected chi connectivity index (χ0v) is 51.7. The van der Waals surface area contributed by atoms with E-state index >= 15 is 0 Å². The Hall–Kier alpha value is -3.98. The van der Waals surface area contributed by atoms with Crippen LogP contribution in [-0.4, -0.2) is 373 Å². The number of aliphatic hydroxyl groups is 22. The van der Waals surface area contributed by atoms with Crippen LogP contribution in [0.1, 0.15) is 41.0 Å². The van der Waals surface area contributed by atoms with E-state index in [2.05, 4.69) is 0 Å². The second-order valence-electron chi connectivity index (χ2n) is 22.7. The van der Waals surface area contributed by atoms with Crippen molar-refractivity contribution < 1.29 is 189 Å². The zero-order chi connectivity index (χ0) is 71.5. The highest BCUT2D eigenvalue weighted by atomic mass is 16.8. The molecule has 0 aromatic heterocycles. The summed E-state index contributed by atoms with van der Waals surface area (Å²) in [6, 6.07) is 0. The molecular formula is C53H91N3O38. The Balaban J connectivity index is 0.000000461. The summed E-state index contributed by atoms with van der Waals surface area (Å²) in [7, 11) is 2.68. The first-order valence-corrected chi connectivity index (χ1v) is 29.1. The first kappa shape index (κ1) is 84.2. The van der Waals surface area contributed by atoms with E-state index < -0.39 is 265 Å². The van der Waals surface area contributed by atoms with Gasteiger partial charge < -0.3 is 184 Å². The van der Waals surface area contributed by atoms with Crippen LogP contribution in [0, 0.1) is 52.3 Å². The number of aliphatic carboxylic acids is 1. The number of carbonyl (C=O) groups is 1. The van der Waals surface area contributed by atoms with E-state index in [1.54, 1.807) is 13.8 Å². The number of hydrogen-bond donors (Lipinski definition) is 23. The van der Waals surface area contributed by atoms with Crippen LogP contribution in [0.15, 0.2) is 0 Å². The molecular weight excluding hydrogens is 1290 g/mol. The van der Waals surface area contributed by atoms with Crippen LogP contribution in [0.2, 0.25) is 0 Å². The Kier molecular flexibility index (Phi) is 34.9. The lowest BCUT2D eigenvalue weighted by molar-refractivity contribution is -0.394. The van der Waals surface area contributed by atoms with Crippen LogP contribution in [0.5, 0.6) is 0 Å². The number of aliphatic hydroxyl groups excluding tert-OH is 22. The molecule has 0 bridgehead atoms. The third kappa shape index (κ3) is 19.9. The third-order valence-corrected chi connectivity index (χ3v) is 16.7. The highest BCUT2D eigenvalue weighted by molar-refractivity contribution is 5.76. The number of nitrogens with zero attached hydrogens (tertiary/aromatic N) is 3. The average Bonchev–Trinajstić information content (AvgIpc) is 0.768. The minimum absolute atomic E-state index is 0.583. The van der Waals surface area contributed by atoms with Crippen molar-refractivity contribution in [3.8, 4) is 18.8 Å². The number of methoxy groups -OCH3 is 2. The Bertz CT molecular complexity index is 2300. The molecule has 23 N–H and O–H groups in total. The molecule has 0 saturated carbocycles. The molecule has 0 aromatic rings. The highest BCUT2D eigenvalue weighted by Gasteiger charge is 2.61. The van der Waals surface area contributed by atoms with Gasteiger partial charge in [-0.3, -0.25) is 0 Å². The zero-order valence-electron chi connectivity index (χ0n) is 51.7. The van der Waals surface area contributed by atoms with Gasteiger partial charge in [0.05, 0.1) is 69.7 Å². The predicted molar refractivity (Wildman–Crippen MR) is 291 cm³/mol. The second-order valence-corrected chi connectivity index (χ2v) is 22.7. The molecule has 0 aliphatic carbocycles. The second kappa shape index (κ2) is 39.0. The fourth-order valence-electron chi connectivity index (χ4n) is 11.2. The summed E-state index contributed by atoms with van der Waals surface area (Å²) >= 11 is 0. The van der Waals surface area contributed by atoms with E-state index in [-0.39, 0.29) is 0 Å². The van der Waals surface area contributed by atoms with Crippen molar-refractivity contribution in [2.24, 2.45) is 17.8 Å². The molecule has 7 saturated heterocycles. The molecule has 94 heavy (non-hydrogen) atoms. The molecule has 0 amide bonds. The van der Waals surface area contributed by atoms with Gasteiger partial charge in [-0.2, -0.15) is 15.8 Å². The van der Waals surface area contributed by atoms with Crippen LogP contribution in [0.25, 0.3) is 0 Å². The fraction of sp³-hybridized carbons (Fsp3) is 0.925. The minimum Gasteiger partial charge on any atom is -0.477 e. The molecule has 7 aliphatic rings. The van der Waals surface area contributed by atoms with Crippen molar-refractivity contribution in [3.05, 3.63) is 0 Å². The maximum Gasteiger partial charge on any atom is 0.364 e. The summed E-state index contributed by atoms with van der Waals surface area (Å²) in [5, 5.41) is 247. The van der Waals surface area contributed by atoms with E-state index in [9.17, 15) is 107 Å². The van der Waals surface area contributed by atoms with Crippen LogP contribution in [0.3, 0.4) is 0 Å². The molecule has 41 nitrogen and oxygen atoms in total. The Labute approximate surface area is 536 Å². The molecule has 0 radical (unpaired) electrons. The van der Waals surface area contributed by atoms with Gasteiger partial charge in [0.1, 0.15) is 122 Å². The van der Waals surface area contributed by atoms with E-state index in [1.807, 2.05) is 0 Å². The van der Waals surface area contributed by atoms with E-state index in [0.717, 1.165) is 18.8 Å². The summed E-state index contributed by atoms with van der Waals surface area (Å²) in [5.41, 5.74) is 0. The topological polar surface area (TPSA) is 683 Å². The molecule has 546 valence electrons. The van der Waals surface area contributed by atoms with Crippen molar-refractivity contribution >= 4 is 5.97 Å². The molecule has 0 spiro atoms. The molecule has 7 aliphatic heterocycles. The van der Waals surface area contributed by atoms with Crippen molar-refractivity contribution in [1.29, 1.82) is 15.8 Å². The van der Waals surface area contributed by atoms with Gasteiger partial charge >= 0.3 is 5.97 Å². The molecule has 7 fully saturated rings.